The molecule has 1 aliphatic rings. The van der Waals surface area contributed by atoms with Crippen molar-refractivity contribution in [1.82, 2.24) is 9.80 Å². The molecule has 1 heterocycles. The number of nitrogens with zero attached hydrogens (tertiary/aromatic N) is 2. The summed E-state index contributed by atoms with van der Waals surface area (Å²) >= 11 is 0. The fourth-order valence-corrected chi connectivity index (χ4v) is 1.22. The van der Waals surface area contributed by atoms with E-state index in [1.165, 1.54) is 4.90 Å². The molecule has 1 rings (SSSR count). The minimum atomic E-state index is -0.351. The van der Waals surface area contributed by atoms with Crippen LogP contribution < -0.4 is 5.73 Å². The maximum Gasteiger partial charge on any atom is 0.298 e. The maximum absolute atomic E-state index is 11.6. The summed E-state index contributed by atoms with van der Waals surface area (Å²) in [4.78, 5) is 25.9. The molecule has 0 unspecified atom stereocenters. The van der Waals surface area contributed by atoms with Crippen LogP contribution in [0.3, 0.4) is 0 Å². The Morgan fingerprint density at radius 1 is 1.35 bits per heavy atom. The smallest absolute Gasteiger partial charge is 0.298 e. The molecule has 5 nitrogen and oxygen atoms in total. The molecule has 2 N–H and O–H groups in total. The first kappa shape index (κ1) is 13.5. The SMILES string of the molecule is CN(C)C(C)(C)C#CC(=O)N1CC(C(N)=O)C1. The van der Waals surface area contributed by atoms with Crippen LogP contribution in [-0.2, 0) is 9.59 Å². The molecular formula is C12H19N3O2. The summed E-state index contributed by atoms with van der Waals surface area (Å²) in [6, 6.07) is 0. The first-order valence-electron chi connectivity index (χ1n) is 5.53. The summed E-state index contributed by atoms with van der Waals surface area (Å²) in [6.07, 6.45) is 0. The van der Waals surface area contributed by atoms with Crippen LogP contribution in [0.1, 0.15) is 13.8 Å². The van der Waals surface area contributed by atoms with E-state index < -0.39 is 0 Å². The summed E-state index contributed by atoms with van der Waals surface area (Å²) in [5.74, 6) is 4.73. The van der Waals surface area contributed by atoms with E-state index in [0.29, 0.717) is 13.1 Å². The number of carbonyl (C=O) groups excluding carboxylic acids is 2. The second-order valence-electron chi connectivity index (χ2n) is 5.01. The standard InChI is InChI=1S/C12H19N3O2/c1-12(2,14(3)4)6-5-10(16)15-7-9(8-15)11(13)17/h9H,7-8H2,1-4H3,(H2,13,17). The Labute approximate surface area is 102 Å². The van der Waals surface area contributed by atoms with E-state index >= 15 is 0 Å². The van der Waals surface area contributed by atoms with Crippen LogP contribution in [0.15, 0.2) is 0 Å². The van der Waals surface area contributed by atoms with Crippen LogP contribution in [0, 0.1) is 17.8 Å². The normalized spacial score (nSPS) is 16.2. The van der Waals surface area contributed by atoms with Gasteiger partial charge in [0.05, 0.1) is 11.5 Å². The quantitative estimate of drug-likeness (QED) is 0.644. The lowest BCUT2D eigenvalue weighted by atomic mass is 9.99. The van der Waals surface area contributed by atoms with Gasteiger partial charge in [0.2, 0.25) is 5.91 Å². The zero-order chi connectivity index (χ0) is 13.2. The van der Waals surface area contributed by atoms with Gasteiger partial charge in [0.25, 0.3) is 5.91 Å². The van der Waals surface area contributed by atoms with Gasteiger partial charge in [0.1, 0.15) is 0 Å². The molecule has 94 valence electrons. The zero-order valence-electron chi connectivity index (χ0n) is 10.8. The van der Waals surface area contributed by atoms with Gasteiger partial charge in [-0.15, -0.1) is 0 Å². The highest BCUT2D eigenvalue weighted by atomic mass is 16.2. The van der Waals surface area contributed by atoms with Crippen LogP contribution in [0.4, 0.5) is 0 Å². The van der Waals surface area contributed by atoms with Crippen LogP contribution in [0.25, 0.3) is 0 Å². The van der Waals surface area contributed by atoms with Crippen LogP contribution in [-0.4, -0.2) is 54.3 Å². The number of hydrogen-bond donors (Lipinski definition) is 1. The molecule has 0 bridgehead atoms. The van der Waals surface area contributed by atoms with Gasteiger partial charge in [0.15, 0.2) is 0 Å². The third-order valence-corrected chi connectivity index (χ3v) is 3.16. The molecule has 0 radical (unpaired) electrons. The van der Waals surface area contributed by atoms with E-state index in [-0.39, 0.29) is 23.3 Å². The van der Waals surface area contributed by atoms with Gasteiger partial charge in [-0.05, 0) is 33.9 Å². The van der Waals surface area contributed by atoms with Crippen LogP contribution in [0.5, 0.6) is 0 Å². The highest BCUT2D eigenvalue weighted by Crippen LogP contribution is 2.14. The van der Waals surface area contributed by atoms with Crippen molar-refractivity contribution in [3.63, 3.8) is 0 Å². The third kappa shape index (κ3) is 3.21. The van der Waals surface area contributed by atoms with Gasteiger partial charge in [-0.3, -0.25) is 14.5 Å². The fraction of sp³-hybridized carbons (Fsp3) is 0.667. The summed E-state index contributed by atoms with van der Waals surface area (Å²) in [5.41, 5.74) is 4.78. The van der Waals surface area contributed by atoms with E-state index in [0.717, 1.165) is 0 Å². The van der Waals surface area contributed by atoms with E-state index in [2.05, 4.69) is 11.8 Å². The molecule has 0 aromatic rings. The molecule has 0 spiro atoms. The number of primary amides is 1. The molecule has 0 saturated carbocycles. The van der Waals surface area contributed by atoms with Gasteiger partial charge < -0.3 is 10.6 Å². The largest absolute Gasteiger partial charge is 0.369 e. The molecule has 1 aliphatic heterocycles. The van der Waals surface area contributed by atoms with Gasteiger partial charge in [-0.25, -0.2) is 0 Å². The predicted molar refractivity (Wildman–Crippen MR) is 64.8 cm³/mol. The predicted octanol–water partition coefficient (Wildman–Crippen LogP) is -0.726. The summed E-state index contributed by atoms with van der Waals surface area (Å²) in [7, 11) is 3.82. The second kappa shape index (κ2) is 4.76. The van der Waals surface area contributed by atoms with Crippen molar-refractivity contribution in [2.24, 2.45) is 11.7 Å². The van der Waals surface area contributed by atoms with Crippen LogP contribution >= 0.6 is 0 Å². The minimum absolute atomic E-state index is 0.206. The van der Waals surface area contributed by atoms with Crippen molar-refractivity contribution in [3.05, 3.63) is 0 Å². The van der Waals surface area contributed by atoms with Crippen molar-refractivity contribution < 1.29 is 9.59 Å². The highest BCUT2D eigenvalue weighted by molar-refractivity contribution is 5.95. The molecule has 0 atom stereocenters. The van der Waals surface area contributed by atoms with Crippen molar-refractivity contribution in [3.8, 4) is 11.8 Å². The van der Waals surface area contributed by atoms with E-state index in [9.17, 15) is 9.59 Å². The molecular weight excluding hydrogens is 218 g/mol. The Morgan fingerprint density at radius 3 is 2.29 bits per heavy atom. The van der Waals surface area contributed by atoms with E-state index in [1.807, 2.05) is 32.8 Å². The van der Waals surface area contributed by atoms with Crippen molar-refractivity contribution in [2.45, 2.75) is 19.4 Å². The zero-order valence-corrected chi connectivity index (χ0v) is 10.8. The molecule has 2 amide bonds. The fourth-order valence-electron chi connectivity index (χ4n) is 1.22. The molecule has 5 heteroatoms. The lowest BCUT2D eigenvalue weighted by Crippen LogP contribution is -2.54. The Hall–Kier alpha value is -1.54. The molecule has 1 saturated heterocycles. The summed E-state index contributed by atoms with van der Waals surface area (Å²) in [5, 5.41) is 0. The molecule has 1 fully saturated rings. The van der Waals surface area contributed by atoms with Gasteiger partial charge in [-0.1, -0.05) is 5.92 Å². The Bertz CT molecular complexity index is 384. The molecule has 0 aliphatic carbocycles. The molecule has 0 aromatic heterocycles. The average molecular weight is 237 g/mol. The summed E-state index contributed by atoms with van der Waals surface area (Å²) < 4.78 is 0. The van der Waals surface area contributed by atoms with Gasteiger partial charge in [0, 0.05) is 13.1 Å². The third-order valence-electron chi connectivity index (χ3n) is 3.16. The number of hydrogen-bond acceptors (Lipinski definition) is 3. The molecule has 17 heavy (non-hydrogen) atoms. The number of carbonyl (C=O) groups is 2. The van der Waals surface area contributed by atoms with E-state index in [1.54, 1.807) is 0 Å². The first-order valence-corrected chi connectivity index (χ1v) is 5.53. The summed E-state index contributed by atoms with van der Waals surface area (Å²) in [6.45, 7) is 4.67. The lowest BCUT2D eigenvalue weighted by Gasteiger charge is -2.35. The number of amides is 2. The number of likely N-dealkylation sites (tertiary alicyclic amines) is 1. The van der Waals surface area contributed by atoms with Gasteiger partial charge >= 0.3 is 0 Å². The average Bonchev–Trinajstić information content (AvgIpc) is 2.11. The topological polar surface area (TPSA) is 66.6 Å². The van der Waals surface area contributed by atoms with Gasteiger partial charge in [-0.2, -0.15) is 0 Å². The maximum atomic E-state index is 11.6. The number of rotatable bonds is 2. The lowest BCUT2D eigenvalue weighted by molar-refractivity contribution is -0.137. The Balaban J connectivity index is 2.53. The first-order chi connectivity index (χ1) is 7.74. The minimum Gasteiger partial charge on any atom is -0.369 e. The molecule has 0 aromatic carbocycles. The monoisotopic (exact) mass is 237 g/mol. The van der Waals surface area contributed by atoms with Crippen LogP contribution in [0.2, 0.25) is 0 Å². The van der Waals surface area contributed by atoms with E-state index in [4.69, 9.17) is 5.73 Å². The number of nitrogens with two attached hydrogens (primary N) is 1. The Morgan fingerprint density at radius 2 is 1.88 bits per heavy atom. The second-order valence-corrected chi connectivity index (χ2v) is 5.01. The highest BCUT2D eigenvalue weighted by Gasteiger charge is 2.33. The van der Waals surface area contributed by atoms with Crippen molar-refractivity contribution in [1.29, 1.82) is 0 Å². The Kier molecular flexibility index (Phi) is 3.79. The van der Waals surface area contributed by atoms with Crippen molar-refractivity contribution in [2.75, 3.05) is 27.2 Å². The van der Waals surface area contributed by atoms with Crippen molar-refractivity contribution >= 4 is 11.8 Å².